The maximum atomic E-state index is 3.76. The average molecular weight is 461 g/mol. The lowest BCUT2D eigenvalue weighted by atomic mass is 9.76. The van der Waals surface area contributed by atoms with E-state index >= 15 is 0 Å². The molecule has 2 nitrogen and oxygen atoms in total. The van der Waals surface area contributed by atoms with Gasteiger partial charge in [0.2, 0.25) is 0 Å². The van der Waals surface area contributed by atoms with Crippen LogP contribution in [-0.4, -0.2) is 31.1 Å². The van der Waals surface area contributed by atoms with E-state index in [0.717, 1.165) is 19.0 Å². The molecule has 1 saturated carbocycles. The van der Waals surface area contributed by atoms with Gasteiger partial charge in [-0.2, -0.15) is 0 Å². The van der Waals surface area contributed by atoms with Crippen LogP contribution in [0, 0.1) is 5.92 Å². The normalized spacial score (nSPS) is 20.9. The Morgan fingerprint density at radius 2 is 1.76 bits per heavy atom. The summed E-state index contributed by atoms with van der Waals surface area (Å²) in [6.07, 6.45) is 4.17. The highest BCUT2D eigenvalue weighted by Crippen LogP contribution is 2.44. The van der Waals surface area contributed by atoms with Crippen molar-refractivity contribution < 1.29 is 0 Å². The first kappa shape index (κ1) is 19.7. The predicted molar refractivity (Wildman–Crippen MR) is 101 cm³/mol. The molecule has 0 unspecified atom stereocenters. The molecule has 1 aromatic rings. The molecule has 2 fully saturated rings. The standard InChI is InChI=1S/C15H20Br2N2.2ClH/c16-12-4-5-14(17)13(10-12)15(11-2-1-3-11)19-8-6-18-7-9-19;;/h4-5,10-11,15,18H,1-3,6-9H2;2*1H/t15-;;/m0../s1. The highest BCUT2D eigenvalue weighted by atomic mass is 79.9. The minimum Gasteiger partial charge on any atom is -0.314 e. The Kier molecular flexibility index (Phi) is 8.54. The molecule has 1 saturated heterocycles. The SMILES string of the molecule is Brc1ccc(Br)c([C@H](C2CCC2)N2CCNCC2)c1.Cl.Cl. The molecule has 120 valence electrons. The molecule has 0 radical (unpaired) electrons. The molecule has 1 aliphatic carbocycles. The van der Waals surface area contributed by atoms with E-state index in [2.05, 4.69) is 60.3 Å². The molecule has 3 rings (SSSR count). The molecule has 1 aromatic carbocycles. The number of nitrogens with one attached hydrogen (secondary N) is 1. The number of hydrogen-bond acceptors (Lipinski definition) is 2. The van der Waals surface area contributed by atoms with Gasteiger partial charge < -0.3 is 5.32 Å². The van der Waals surface area contributed by atoms with Crippen molar-refractivity contribution in [1.82, 2.24) is 10.2 Å². The quantitative estimate of drug-likeness (QED) is 0.696. The van der Waals surface area contributed by atoms with Gasteiger partial charge in [-0.1, -0.05) is 38.3 Å². The Labute approximate surface area is 156 Å². The summed E-state index contributed by atoms with van der Waals surface area (Å²) in [5.41, 5.74) is 1.46. The summed E-state index contributed by atoms with van der Waals surface area (Å²) in [7, 11) is 0. The summed E-state index contributed by atoms with van der Waals surface area (Å²) in [4.78, 5) is 2.67. The zero-order valence-electron chi connectivity index (χ0n) is 11.9. The first-order valence-electron chi connectivity index (χ1n) is 7.15. The van der Waals surface area contributed by atoms with Gasteiger partial charge in [0.05, 0.1) is 0 Å². The van der Waals surface area contributed by atoms with E-state index in [9.17, 15) is 0 Å². The van der Waals surface area contributed by atoms with Gasteiger partial charge in [-0.05, 0) is 42.5 Å². The van der Waals surface area contributed by atoms with Crippen molar-refractivity contribution in [2.24, 2.45) is 5.92 Å². The molecule has 0 aromatic heterocycles. The second kappa shape index (κ2) is 9.09. The minimum absolute atomic E-state index is 0. The van der Waals surface area contributed by atoms with Crippen LogP contribution in [-0.2, 0) is 0 Å². The van der Waals surface area contributed by atoms with Crippen LogP contribution in [0.25, 0.3) is 0 Å². The third-order valence-electron chi connectivity index (χ3n) is 4.42. The zero-order chi connectivity index (χ0) is 13.2. The molecule has 21 heavy (non-hydrogen) atoms. The Balaban J connectivity index is 0.00000110. The monoisotopic (exact) mass is 458 g/mol. The molecule has 0 amide bonds. The van der Waals surface area contributed by atoms with Gasteiger partial charge in [0.1, 0.15) is 0 Å². The molecular weight excluding hydrogens is 439 g/mol. The van der Waals surface area contributed by atoms with Crippen LogP contribution in [0.2, 0.25) is 0 Å². The summed E-state index contributed by atoms with van der Waals surface area (Å²) in [5, 5.41) is 3.46. The molecule has 1 aliphatic heterocycles. The maximum Gasteiger partial charge on any atom is 0.0388 e. The molecule has 1 atom stereocenters. The summed E-state index contributed by atoms with van der Waals surface area (Å²) in [6.45, 7) is 4.57. The average Bonchev–Trinajstić information content (AvgIpc) is 2.38. The van der Waals surface area contributed by atoms with E-state index in [4.69, 9.17) is 0 Å². The summed E-state index contributed by atoms with van der Waals surface area (Å²) < 4.78 is 2.44. The molecule has 2 aliphatic rings. The van der Waals surface area contributed by atoms with Gasteiger partial charge in [0.25, 0.3) is 0 Å². The fourth-order valence-corrected chi connectivity index (χ4v) is 4.07. The first-order valence-corrected chi connectivity index (χ1v) is 8.74. The lowest BCUT2D eigenvalue weighted by molar-refractivity contribution is 0.0832. The van der Waals surface area contributed by atoms with Crippen molar-refractivity contribution >= 4 is 56.7 Å². The zero-order valence-corrected chi connectivity index (χ0v) is 16.7. The summed E-state index contributed by atoms with van der Waals surface area (Å²) >= 11 is 7.38. The number of piperazine rings is 1. The van der Waals surface area contributed by atoms with Crippen molar-refractivity contribution in [3.05, 3.63) is 32.7 Å². The van der Waals surface area contributed by atoms with E-state index in [1.807, 2.05) is 0 Å². The highest BCUT2D eigenvalue weighted by molar-refractivity contribution is 9.11. The van der Waals surface area contributed by atoms with Crippen LogP contribution in [0.15, 0.2) is 27.1 Å². The Morgan fingerprint density at radius 1 is 1.10 bits per heavy atom. The van der Waals surface area contributed by atoms with E-state index in [1.54, 1.807) is 0 Å². The van der Waals surface area contributed by atoms with Crippen LogP contribution >= 0.6 is 56.7 Å². The van der Waals surface area contributed by atoms with Crippen LogP contribution in [0.3, 0.4) is 0 Å². The van der Waals surface area contributed by atoms with Crippen LogP contribution in [0.4, 0.5) is 0 Å². The van der Waals surface area contributed by atoms with Crippen LogP contribution in [0.5, 0.6) is 0 Å². The lowest BCUT2D eigenvalue weighted by Gasteiger charge is -2.43. The number of halogens is 4. The van der Waals surface area contributed by atoms with Gasteiger partial charge in [-0.25, -0.2) is 0 Å². The second-order valence-corrected chi connectivity index (χ2v) is 7.36. The molecular formula is C15H22Br2Cl2N2. The molecule has 6 heteroatoms. The fraction of sp³-hybridized carbons (Fsp3) is 0.600. The second-order valence-electron chi connectivity index (χ2n) is 5.59. The van der Waals surface area contributed by atoms with Crippen molar-refractivity contribution in [2.75, 3.05) is 26.2 Å². The largest absolute Gasteiger partial charge is 0.314 e. The number of hydrogen-bond donors (Lipinski definition) is 1. The third-order valence-corrected chi connectivity index (χ3v) is 5.63. The number of rotatable bonds is 3. The molecule has 0 bridgehead atoms. The van der Waals surface area contributed by atoms with Crippen LogP contribution < -0.4 is 5.32 Å². The van der Waals surface area contributed by atoms with E-state index in [1.165, 1.54) is 46.9 Å². The summed E-state index contributed by atoms with van der Waals surface area (Å²) in [6, 6.07) is 7.17. The van der Waals surface area contributed by atoms with Gasteiger partial charge in [-0.15, -0.1) is 24.8 Å². The number of benzene rings is 1. The Bertz CT molecular complexity index is 449. The molecule has 1 heterocycles. The van der Waals surface area contributed by atoms with Crippen molar-refractivity contribution in [1.29, 1.82) is 0 Å². The van der Waals surface area contributed by atoms with Gasteiger partial charge in [-0.3, -0.25) is 4.90 Å². The van der Waals surface area contributed by atoms with Crippen molar-refractivity contribution in [2.45, 2.75) is 25.3 Å². The highest BCUT2D eigenvalue weighted by Gasteiger charge is 2.34. The van der Waals surface area contributed by atoms with Gasteiger partial charge in [0.15, 0.2) is 0 Å². The number of nitrogens with zero attached hydrogens (tertiary/aromatic N) is 1. The van der Waals surface area contributed by atoms with E-state index < -0.39 is 0 Å². The smallest absolute Gasteiger partial charge is 0.0388 e. The van der Waals surface area contributed by atoms with E-state index in [0.29, 0.717) is 6.04 Å². The Hall–Kier alpha value is 0.680. The fourth-order valence-electron chi connectivity index (χ4n) is 3.21. The van der Waals surface area contributed by atoms with Gasteiger partial charge >= 0.3 is 0 Å². The predicted octanol–water partition coefficient (Wildman–Crippen LogP) is 4.80. The summed E-state index contributed by atoms with van der Waals surface area (Å²) in [5.74, 6) is 0.837. The third kappa shape index (κ3) is 4.58. The molecule has 1 N–H and O–H groups in total. The Morgan fingerprint density at radius 3 is 2.33 bits per heavy atom. The lowest BCUT2D eigenvalue weighted by Crippen LogP contribution is -2.47. The minimum atomic E-state index is 0. The van der Waals surface area contributed by atoms with E-state index in [-0.39, 0.29) is 24.8 Å². The van der Waals surface area contributed by atoms with Crippen molar-refractivity contribution in [3.8, 4) is 0 Å². The van der Waals surface area contributed by atoms with Crippen molar-refractivity contribution in [3.63, 3.8) is 0 Å². The molecule has 0 spiro atoms. The first-order chi connectivity index (χ1) is 9.25. The maximum absolute atomic E-state index is 3.76. The van der Waals surface area contributed by atoms with Gasteiger partial charge in [0, 0.05) is 41.2 Å². The van der Waals surface area contributed by atoms with Crippen LogP contribution in [0.1, 0.15) is 30.9 Å². The topological polar surface area (TPSA) is 15.3 Å².